The number of ether oxygens (including phenoxy) is 1. The summed E-state index contributed by atoms with van der Waals surface area (Å²) in [4.78, 5) is 52.6. The van der Waals surface area contributed by atoms with Crippen LogP contribution in [0.4, 0.5) is 8.78 Å². The molecule has 1 aromatic rings. The molecule has 0 amide bonds. The van der Waals surface area contributed by atoms with Gasteiger partial charge in [-0.1, -0.05) is 0 Å². The molecule has 12 heteroatoms. The van der Waals surface area contributed by atoms with Crippen LogP contribution in [-0.4, -0.2) is 56.3 Å². The highest BCUT2D eigenvalue weighted by molar-refractivity contribution is 7.81. The molecule has 0 fully saturated rings. The van der Waals surface area contributed by atoms with Crippen molar-refractivity contribution in [2.45, 2.75) is 12.5 Å². The third kappa shape index (κ3) is 5.68. The van der Waals surface area contributed by atoms with Gasteiger partial charge in [0.05, 0.1) is 5.56 Å². The molecule has 1 unspecified atom stereocenters. The van der Waals surface area contributed by atoms with Crippen LogP contribution in [0.5, 0.6) is 5.75 Å². The average Bonchev–Trinajstić information content (AvgIpc) is 2.50. The SMILES string of the molecule is NC(CC[P+](O)(O)C(=O)c1cc(F)c(OCC(=O)O)c(F)c1)C(=O)O. The maximum absolute atomic E-state index is 13.8. The Morgan fingerprint density at radius 2 is 1.68 bits per heavy atom. The number of carbonyl (C=O) groups is 3. The molecular formula is C13H15F2NO8P+. The summed E-state index contributed by atoms with van der Waals surface area (Å²) in [6, 6.07) is -0.520. The molecule has 0 saturated heterocycles. The lowest BCUT2D eigenvalue weighted by Crippen LogP contribution is -2.31. The highest BCUT2D eigenvalue weighted by Gasteiger charge is 2.45. The minimum atomic E-state index is -4.39. The van der Waals surface area contributed by atoms with Crippen molar-refractivity contribution in [1.29, 1.82) is 0 Å². The molecule has 25 heavy (non-hydrogen) atoms. The average molecular weight is 382 g/mol. The number of carbonyl (C=O) groups excluding carboxylic acids is 1. The van der Waals surface area contributed by atoms with Crippen molar-refractivity contribution >= 4 is 25.2 Å². The third-order valence-electron chi connectivity index (χ3n) is 2.98. The number of carboxylic acid groups (broad SMARTS) is 2. The zero-order valence-corrected chi connectivity index (χ0v) is 13.5. The number of hydrogen-bond acceptors (Lipinski definition) is 7. The normalized spacial score (nSPS) is 12.5. The second-order valence-electron chi connectivity index (χ2n) is 4.94. The van der Waals surface area contributed by atoms with Crippen molar-refractivity contribution in [3.05, 3.63) is 29.3 Å². The Balaban J connectivity index is 2.97. The molecule has 0 radical (unpaired) electrons. The van der Waals surface area contributed by atoms with Crippen LogP contribution in [0, 0.1) is 11.6 Å². The number of benzene rings is 1. The molecule has 0 aromatic heterocycles. The Kier molecular flexibility index (Phi) is 6.88. The molecular weight excluding hydrogens is 367 g/mol. The van der Waals surface area contributed by atoms with Gasteiger partial charge in [-0.25, -0.2) is 28.2 Å². The van der Waals surface area contributed by atoms with Crippen LogP contribution in [0.1, 0.15) is 16.8 Å². The van der Waals surface area contributed by atoms with Gasteiger partial charge >= 0.3 is 25.2 Å². The van der Waals surface area contributed by atoms with Crippen LogP contribution in [0.3, 0.4) is 0 Å². The zero-order chi connectivity index (χ0) is 19.4. The van der Waals surface area contributed by atoms with E-state index in [-0.39, 0.29) is 0 Å². The zero-order valence-electron chi connectivity index (χ0n) is 12.6. The van der Waals surface area contributed by atoms with Gasteiger partial charge in [0.2, 0.25) is 0 Å². The fourth-order valence-corrected chi connectivity index (χ4v) is 3.09. The molecule has 6 N–H and O–H groups in total. The van der Waals surface area contributed by atoms with E-state index < -0.39 is 73.4 Å². The topological polar surface area (TPSA) is 167 Å². The van der Waals surface area contributed by atoms with E-state index in [9.17, 15) is 33.0 Å². The number of aliphatic carboxylic acids is 2. The van der Waals surface area contributed by atoms with E-state index in [1.54, 1.807) is 0 Å². The molecule has 0 heterocycles. The lowest BCUT2D eigenvalue weighted by atomic mass is 10.2. The first-order chi connectivity index (χ1) is 11.5. The Bertz CT molecular complexity index is 674. The molecule has 1 aromatic carbocycles. The standard InChI is InChI=1S/C13H14F2NO8P/c14-7-3-6(4-8(15)11(7)24-5-10(17)18)13(21)25(22,23)2-1-9(16)12(19)20/h3-4,9,22-23H,1-2,5,16H2,(H-,17,18,19,20)/p+1. The number of nitrogens with two attached hydrogens (primary N) is 1. The molecule has 0 bridgehead atoms. The van der Waals surface area contributed by atoms with Gasteiger partial charge < -0.3 is 20.7 Å². The molecule has 0 saturated carbocycles. The Morgan fingerprint density at radius 3 is 2.12 bits per heavy atom. The van der Waals surface area contributed by atoms with E-state index >= 15 is 0 Å². The first kappa shape index (κ1) is 20.8. The third-order valence-corrected chi connectivity index (χ3v) is 4.77. The van der Waals surface area contributed by atoms with Crippen LogP contribution in [0.25, 0.3) is 0 Å². The lowest BCUT2D eigenvalue weighted by molar-refractivity contribution is -0.140. The molecule has 1 rings (SSSR count). The summed E-state index contributed by atoms with van der Waals surface area (Å²) in [5.41, 5.74) is 3.08. The predicted molar refractivity (Wildman–Crippen MR) is 80.3 cm³/mol. The molecule has 0 aliphatic carbocycles. The van der Waals surface area contributed by atoms with E-state index in [0.717, 1.165) is 0 Å². The van der Waals surface area contributed by atoms with Gasteiger partial charge in [0.1, 0.15) is 12.2 Å². The lowest BCUT2D eigenvalue weighted by Gasteiger charge is -2.13. The summed E-state index contributed by atoms with van der Waals surface area (Å²) >= 11 is 0. The molecule has 9 nitrogen and oxygen atoms in total. The number of rotatable bonds is 9. The minimum absolute atomic E-state index is 0.438. The second-order valence-corrected chi connectivity index (χ2v) is 7.26. The van der Waals surface area contributed by atoms with E-state index in [1.165, 1.54) is 0 Å². The molecule has 138 valence electrons. The Hall–Kier alpha value is -2.20. The van der Waals surface area contributed by atoms with Crippen LogP contribution in [-0.2, 0) is 9.59 Å². The van der Waals surface area contributed by atoms with Crippen LogP contribution in [0.15, 0.2) is 12.1 Å². The fourth-order valence-electron chi connectivity index (χ4n) is 1.71. The first-order valence-electron chi connectivity index (χ1n) is 6.66. The van der Waals surface area contributed by atoms with E-state index in [4.69, 9.17) is 15.9 Å². The van der Waals surface area contributed by atoms with Gasteiger partial charge in [-0.05, 0) is 12.1 Å². The number of halogens is 2. The summed E-state index contributed by atoms with van der Waals surface area (Å²) in [5, 5.41) is 17.0. The maximum Gasteiger partial charge on any atom is 0.356 e. The van der Waals surface area contributed by atoms with Gasteiger partial charge in [-0.15, -0.1) is 0 Å². The molecule has 0 spiro atoms. The van der Waals surface area contributed by atoms with Gasteiger partial charge in [0.25, 0.3) is 0 Å². The molecule has 1 atom stereocenters. The predicted octanol–water partition coefficient (Wildman–Crippen LogP) is 0.203. The van der Waals surface area contributed by atoms with Crippen molar-refractivity contribution in [3.8, 4) is 5.75 Å². The van der Waals surface area contributed by atoms with Crippen LogP contribution < -0.4 is 10.5 Å². The fraction of sp³-hybridized carbons (Fsp3) is 0.308. The summed E-state index contributed by atoms with van der Waals surface area (Å²) in [6.07, 6.45) is -1.12. The minimum Gasteiger partial charge on any atom is -0.480 e. The van der Waals surface area contributed by atoms with Crippen molar-refractivity contribution in [3.63, 3.8) is 0 Å². The number of carboxylic acids is 2. The maximum atomic E-state index is 13.8. The first-order valence-corrected chi connectivity index (χ1v) is 8.54. The second kappa shape index (κ2) is 8.26. The highest BCUT2D eigenvalue weighted by Crippen LogP contribution is 2.53. The Morgan fingerprint density at radius 1 is 1.16 bits per heavy atom. The van der Waals surface area contributed by atoms with E-state index in [0.29, 0.717) is 12.1 Å². The number of hydrogen-bond donors (Lipinski definition) is 5. The van der Waals surface area contributed by atoms with Gasteiger partial charge in [-0.3, -0.25) is 4.79 Å². The summed E-state index contributed by atoms with van der Waals surface area (Å²) in [5.74, 6) is -6.75. The van der Waals surface area contributed by atoms with Crippen molar-refractivity contribution in [2.24, 2.45) is 5.73 Å². The van der Waals surface area contributed by atoms with Crippen LogP contribution >= 0.6 is 7.72 Å². The summed E-state index contributed by atoms with van der Waals surface area (Å²) < 4.78 is 31.9. The van der Waals surface area contributed by atoms with Crippen molar-refractivity contribution in [1.82, 2.24) is 0 Å². The largest absolute Gasteiger partial charge is 0.480 e. The Labute approximate surface area is 140 Å². The quantitative estimate of drug-likeness (QED) is 0.375. The summed E-state index contributed by atoms with van der Waals surface area (Å²) in [6.45, 7) is -1.02. The van der Waals surface area contributed by atoms with E-state index in [1.807, 2.05) is 0 Å². The summed E-state index contributed by atoms with van der Waals surface area (Å²) in [7, 11) is -4.39. The van der Waals surface area contributed by atoms with Gasteiger partial charge in [0, 0.05) is 6.42 Å². The van der Waals surface area contributed by atoms with Crippen molar-refractivity contribution < 1.29 is 47.9 Å². The van der Waals surface area contributed by atoms with Crippen molar-refractivity contribution in [2.75, 3.05) is 12.8 Å². The highest BCUT2D eigenvalue weighted by atomic mass is 31.2. The van der Waals surface area contributed by atoms with E-state index in [2.05, 4.69) is 4.74 Å². The monoisotopic (exact) mass is 382 g/mol. The molecule has 0 aliphatic heterocycles. The van der Waals surface area contributed by atoms with Gasteiger partial charge in [-0.2, -0.15) is 0 Å². The van der Waals surface area contributed by atoms with Gasteiger partial charge in [0.15, 0.2) is 24.0 Å². The van der Waals surface area contributed by atoms with Crippen LogP contribution in [0.2, 0.25) is 0 Å². The smallest absolute Gasteiger partial charge is 0.356 e. The molecule has 0 aliphatic rings.